The van der Waals surface area contributed by atoms with Gasteiger partial charge in [0.15, 0.2) is 0 Å². The van der Waals surface area contributed by atoms with Gasteiger partial charge in [0.05, 0.1) is 0 Å². The van der Waals surface area contributed by atoms with Gasteiger partial charge in [0.2, 0.25) is 0 Å². The molecule has 1 atom stereocenters. The maximum atomic E-state index is 12.5. The van der Waals surface area contributed by atoms with Gasteiger partial charge in [-0.3, -0.25) is 0 Å². The molecule has 0 fully saturated rings. The van der Waals surface area contributed by atoms with Crippen molar-refractivity contribution in [1.82, 2.24) is 4.98 Å². The van der Waals surface area contributed by atoms with E-state index in [-0.39, 0.29) is 11.0 Å². The third-order valence-electron chi connectivity index (χ3n) is 4.96. The summed E-state index contributed by atoms with van der Waals surface area (Å²) in [6, 6.07) is 15.5. The zero-order valence-corrected chi connectivity index (χ0v) is 20.8. The molecule has 1 aromatic heterocycles. The summed E-state index contributed by atoms with van der Waals surface area (Å²) in [7, 11) is 0. The van der Waals surface area contributed by atoms with Gasteiger partial charge in [-0.1, -0.05) is 29.8 Å². The fourth-order valence-electron chi connectivity index (χ4n) is 3.16. The van der Waals surface area contributed by atoms with E-state index in [4.69, 9.17) is 4.74 Å². The molecule has 0 amide bonds. The van der Waals surface area contributed by atoms with Crippen molar-refractivity contribution in [3.8, 4) is 16.3 Å². The number of carbonyl (C=O) groups is 2. The second-order valence-corrected chi connectivity index (χ2v) is 13.4. The minimum Gasteiger partial charge on any atom is -0.0586 e. The van der Waals surface area contributed by atoms with Crippen LogP contribution in [0.5, 0.6) is 5.75 Å². The van der Waals surface area contributed by atoms with Crippen LogP contribution in [-0.2, 0) is 16.2 Å². The summed E-state index contributed by atoms with van der Waals surface area (Å²) in [5.74, 6) is -0.862. The number of carboxylic acid groups (broad SMARTS) is 1. The van der Waals surface area contributed by atoms with Crippen LogP contribution in [0.15, 0.2) is 48.5 Å². The predicted octanol–water partition coefficient (Wildman–Crippen LogP) is 5.43. The summed E-state index contributed by atoms with van der Waals surface area (Å²) in [5.41, 5.74) is 7.86. The number of aliphatic carboxylic acids is 1. The first kappa shape index (κ1) is 23.2. The molecular weight excluding hydrogens is 473 g/mol. The minimum atomic E-state index is -1.66. The maximum absolute atomic E-state index is 12.5. The van der Waals surface area contributed by atoms with Gasteiger partial charge < -0.3 is 0 Å². The Balaban J connectivity index is 1.69. The number of carbonyl (C=O) groups excluding carboxylic acids is 1. The van der Waals surface area contributed by atoms with E-state index < -0.39 is 26.5 Å². The molecule has 0 spiro atoms. The largest absolute Gasteiger partial charge is 0.0586 e. The van der Waals surface area contributed by atoms with Gasteiger partial charge in [-0.15, -0.1) is 0 Å². The van der Waals surface area contributed by atoms with Crippen molar-refractivity contribution in [3.63, 3.8) is 0 Å². The Morgan fingerprint density at radius 1 is 1.06 bits per heavy atom. The average molecular weight is 499 g/mol. The Morgan fingerprint density at radius 2 is 1.71 bits per heavy atom. The van der Waals surface area contributed by atoms with Crippen LogP contribution in [0.3, 0.4) is 0 Å². The van der Waals surface area contributed by atoms with Gasteiger partial charge in [-0.05, 0) is 6.92 Å². The van der Waals surface area contributed by atoms with Crippen molar-refractivity contribution in [2.45, 2.75) is 44.2 Å². The van der Waals surface area contributed by atoms with Crippen LogP contribution in [-0.4, -0.2) is 35.3 Å². The average Bonchev–Trinajstić information content (AvgIpc) is 3.11. The van der Waals surface area contributed by atoms with E-state index in [1.54, 1.807) is 35.6 Å². The summed E-state index contributed by atoms with van der Waals surface area (Å²) >= 11 is -0.0392. The Bertz CT molecular complexity index is 1060. The van der Waals surface area contributed by atoms with Crippen LogP contribution in [0, 0.1) is 13.8 Å². The van der Waals surface area contributed by atoms with Crippen LogP contribution >= 0.6 is 11.3 Å². The van der Waals surface area contributed by atoms with E-state index in [0.29, 0.717) is 12.4 Å². The predicted molar refractivity (Wildman–Crippen MR) is 125 cm³/mol. The van der Waals surface area contributed by atoms with E-state index in [0.717, 1.165) is 26.7 Å². The Labute approximate surface area is 191 Å². The van der Waals surface area contributed by atoms with Crippen LogP contribution in [0.25, 0.3) is 10.6 Å². The Kier molecular flexibility index (Phi) is 7.68. The van der Waals surface area contributed by atoms with Crippen LogP contribution in [0.1, 0.15) is 34.0 Å². The molecule has 1 heterocycles. The van der Waals surface area contributed by atoms with Gasteiger partial charge in [0.25, 0.3) is 0 Å². The maximum Gasteiger partial charge on any atom is -0.0517 e. The summed E-state index contributed by atoms with van der Waals surface area (Å²) in [6.45, 7) is 4.45. The monoisotopic (exact) mass is 499 g/mol. The molecule has 3 rings (SSSR count). The summed E-state index contributed by atoms with van der Waals surface area (Å²) in [4.78, 5) is 29.5. The van der Waals surface area contributed by atoms with Crippen LogP contribution in [0.4, 0.5) is 0 Å². The number of hydrogen-bond donors (Lipinski definition) is 1. The number of benzene rings is 2. The van der Waals surface area contributed by atoms with E-state index in [1.807, 2.05) is 18.3 Å². The van der Waals surface area contributed by atoms with Gasteiger partial charge in [0.1, 0.15) is 0 Å². The number of aryl methyl sites for hydroxylation is 2. The Morgan fingerprint density at radius 3 is 2.29 bits per heavy atom. The van der Waals surface area contributed by atoms with Gasteiger partial charge >= 0.3 is 155 Å². The first-order valence-corrected chi connectivity index (χ1v) is 15.4. The van der Waals surface area contributed by atoms with E-state index in [9.17, 15) is 14.7 Å². The zero-order chi connectivity index (χ0) is 22.5. The minimum absolute atomic E-state index is 0.0764. The summed E-state index contributed by atoms with van der Waals surface area (Å²) in [5, 5.41) is 10.2. The molecule has 2 aromatic carbocycles. The number of aromatic nitrogens is 1. The molecule has 0 saturated heterocycles. The third kappa shape index (κ3) is 6.05. The third-order valence-corrected chi connectivity index (χ3v) is 8.64. The van der Waals surface area contributed by atoms with E-state index in [2.05, 4.69) is 36.2 Å². The number of ether oxygens (including phenoxy) is 1. The summed E-state index contributed by atoms with van der Waals surface area (Å²) < 4.78 is 6.02. The number of carboxylic acids is 1. The van der Waals surface area contributed by atoms with E-state index >= 15 is 0 Å². The molecule has 0 aliphatic carbocycles. The molecule has 31 heavy (non-hydrogen) atoms. The topological polar surface area (TPSA) is 76.5 Å². The molecule has 3 aromatic rings. The molecule has 5 nitrogen and oxygen atoms in total. The van der Waals surface area contributed by atoms with Crippen molar-refractivity contribution in [2.24, 2.45) is 0 Å². The second kappa shape index (κ2) is 10.3. The van der Waals surface area contributed by atoms with Gasteiger partial charge in [-0.25, -0.2) is 0 Å². The van der Waals surface area contributed by atoms with Crippen LogP contribution < -0.4 is 4.74 Å². The molecule has 162 valence electrons. The molecule has 1 N–H and O–H groups in total. The van der Waals surface area contributed by atoms with Crippen LogP contribution in [0.2, 0.25) is 11.4 Å². The number of thiazole rings is 1. The molecule has 0 aliphatic heterocycles. The summed E-state index contributed by atoms with van der Waals surface area (Å²) in [6.07, 6.45) is -0.173. The van der Waals surface area contributed by atoms with Crippen molar-refractivity contribution in [2.75, 3.05) is 0 Å². The molecule has 0 unspecified atom stereocenters. The fraction of sp³-hybridized carbons (Fsp3) is 0.292. The normalized spacial score (nSPS) is 12.0. The van der Waals surface area contributed by atoms with Gasteiger partial charge in [-0.2, -0.15) is 0 Å². The first-order valence-electron chi connectivity index (χ1n) is 9.93. The first-order chi connectivity index (χ1) is 14.7. The molecule has 0 radical (unpaired) electrons. The fourth-order valence-corrected chi connectivity index (χ4v) is 5.95. The SMILES string of the molecule is Cc1ccc(-c2nc(C)c(COc3ccc([C@H](CC(=O)O)C(=O)[As](C)C)cc3)s2)cc1. The Hall–Kier alpha value is -2.43. The standard InChI is InChI=1S/C24H26AsNO4S/c1-15-5-7-18(8-6-15)24-26-16(2)21(31-24)14-30-19-11-9-17(10-12-19)20(13-22(27)28)23(29)25(3)4/h5-12,20H,13-14H2,1-4H3,(H,27,28)/t20-/m0/s1. The number of rotatable bonds is 9. The second-order valence-electron chi connectivity index (χ2n) is 7.63. The van der Waals surface area contributed by atoms with Crippen molar-refractivity contribution in [3.05, 3.63) is 70.2 Å². The molecule has 0 bridgehead atoms. The zero-order valence-electron chi connectivity index (χ0n) is 18.1. The molecule has 0 aliphatic rings. The number of hydrogen-bond acceptors (Lipinski definition) is 5. The van der Waals surface area contributed by atoms with Crippen molar-refractivity contribution < 1.29 is 19.4 Å². The molecule has 0 saturated carbocycles. The number of nitrogens with zero attached hydrogens (tertiary/aromatic N) is 1. The van der Waals surface area contributed by atoms with Crippen molar-refractivity contribution >= 4 is 36.5 Å². The quantitative estimate of drug-likeness (QED) is 0.398. The van der Waals surface area contributed by atoms with Gasteiger partial charge in [0, 0.05) is 0 Å². The molecule has 7 heteroatoms. The van der Waals surface area contributed by atoms with Crippen molar-refractivity contribution in [1.29, 1.82) is 0 Å². The van der Waals surface area contributed by atoms with E-state index in [1.165, 1.54) is 5.56 Å². The molecular formula is C24H26AsNO4S. The smallest absolute Gasteiger partial charge is 0.0517 e.